The topological polar surface area (TPSA) is 55.8 Å². The minimum absolute atomic E-state index is 0.0821. The number of benzene rings is 1. The van der Waals surface area contributed by atoms with Crippen LogP contribution in [0.15, 0.2) is 24.3 Å². The van der Waals surface area contributed by atoms with Crippen molar-refractivity contribution in [2.75, 3.05) is 44.6 Å². The van der Waals surface area contributed by atoms with Crippen LogP contribution in [0.2, 0.25) is 0 Å². The predicted molar refractivity (Wildman–Crippen MR) is 84.9 cm³/mol. The molecule has 134 valence electrons. The molecule has 1 heterocycles. The van der Waals surface area contributed by atoms with Gasteiger partial charge in [0, 0.05) is 44.8 Å². The number of carbonyl (C=O) groups excluding carboxylic acids is 1. The van der Waals surface area contributed by atoms with Gasteiger partial charge in [0.05, 0.1) is 6.61 Å². The molecule has 1 fully saturated rings. The number of β-amino-alcohol motifs (C(OH)–C–C–N with tert-alkyl or cyclic N) is 1. The SMILES string of the molecule is O=C(Nc1ccccc1CCC(F)(F)F)N1CCN(CCO)CC1. The molecular formula is C16H22F3N3O2. The average molecular weight is 345 g/mol. The lowest BCUT2D eigenvalue weighted by Crippen LogP contribution is -2.50. The van der Waals surface area contributed by atoms with Crippen LogP contribution in [0.4, 0.5) is 23.7 Å². The first-order chi connectivity index (χ1) is 11.4. The third-order valence-corrected chi connectivity index (χ3v) is 4.01. The first-order valence-electron chi connectivity index (χ1n) is 7.93. The number of nitrogens with zero attached hydrogens (tertiary/aromatic N) is 2. The number of halogens is 3. The van der Waals surface area contributed by atoms with E-state index in [1.807, 2.05) is 0 Å². The summed E-state index contributed by atoms with van der Waals surface area (Å²) in [6.45, 7) is 3.05. The molecule has 0 radical (unpaired) electrons. The number of amides is 2. The van der Waals surface area contributed by atoms with Gasteiger partial charge in [-0.2, -0.15) is 13.2 Å². The van der Waals surface area contributed by atoms with Gasteiger partial charge in [-0.1, -0.05) is 18.2 Å². The normalized spacial score (nSPS) is 16.2. The van der Waals surface area contributed by atoms with E-state index in [0.717, 1.165) is 0 Å². The maximum atomic E-state index is 12.4. The lowest BCUT2D eigenvalue weighted by molar-refractivity contribution is -0.133. The van der Waals surface area contributed by atoms with Crippen LogP contribution >= 0.6 is 0 Å². The predicted octanol–water partition coefficient (Wildman–Crippen LogP) is 2.32. The van der Waals surface area contributed by atoms with Gasteiger partial charge in [0.1, 0.15) is 0 Å². The number of aliphatic hydroxyl groups excluding tert-OH is 1. The maximum absolute atomic E-state index is 12.4. The summed E-state index contributed by atoms with van der Waals surface area (Å²) in [7, 11) is 0. The van der Waals surface area contributed by atoms with Gasteiger partial charge in [0.25, 0.3) is 0 Å². The summed E-state index contributed by atoms with van der Waals surface area (Å²) in [4.78, 5) is 16.0. The number of aryl methyl sites for hydroxylation is 1. The smallest absolute Gasteiger partial charge is 0.389 e. The Balaban J connectivity index is 1.92. The summed E-state index contributed by atoms with van der Waals surface area (Å²) in [5.74, 6) is 0. The van der Waals surface area contributed by atoms with Crippen LogP contribution in [0.5, 0.6) is 0 Å². The number of carbonyl (C=O) groups is 1. The zero-order valence-corrected chi connectivity index (χ0v) is 13.4. The highest BCUT2D eigenvalue weighted by atomic mass is 19.4. The molecule has 1 aliphatic rings. The van der Waals surface area contributed by atoms with Gasteiger partial charge < -0.3 is 15.3 Å². The molecule has 2 amide bonds. The molecule has 1 aromatic carbocycles. The molecule has 1 saturated heterocycles. The summed E-state index contributed by atoms with van der Waals surface area (Å²) in [5.41, 5.74) is 0.895. The Bertz CT molecular complexity index is 544. The lowest BCUT2D eigenvalue weighted by atomic mass is 10.1. The van der Waals surface area contributed by atoms with Crippen molar-refractivity contribution in [2.45, 2.75) is 19.0 Å². The number of anilines is 1. The fourth-order valence-corrected chi connectivity index (χ4v) is 2.65. The number of urea groups is 1. The highest BCUT2D eigenvalue weighted by Crippen LogP contribution is 2.25. The summed E-state index contributed by atoms with van der Waals surface area (Å²) in [5, 5.41) is 11.6. The van der Waals surface area contributed by atoms with Crippen molar-refractivity contribution in [1.29, 1.82) is 0 Å². The number of hydrogen-bond donors (Lipinski definition) is 2. The minimum atomic E-state index is -4.22. The molecule has 2 rings (SSSR count). The lowest BCUT2D eigenvalue weighted by Gasteiger charge is -2.34. The van der Waals surface area contributed by atoms with Gasteiger partial charge in [-0.05, 0) is 18.1 Å². The molecule has 1 aromatic rings. The fraction of sp³-hybridized carbons (Fsp3) is 0.562. The monoisotopic (exact) mass is 345 g/mol. The van der Waals surface area contributed by atoms with E-state index < -0.39 is 12.6 Å². The van der Waals surface area contributed by atoms with Crippen LogP contribution in [0, 0.1) is 0 Å². The van der Waals surface area contributed by atoms with Gasteiger partial charge in [-0.25, -0.2) is 4.79 Å². The van der Waals surface area contributed by atoms with Gasteiger partial charge in [-0.3, -0.25) is 4.90 Å². The van der Waals surface area contributed by atoms with E-state index in [1.165, 1.54) is 0 Å². The molecule has 1 aliphatic heterocycles. The Labute approximate surface area is 139 Å². The van der Waals surface area contributed by atoms with E-state index in [2.05, 4.69) is 10.2 Å². The van der Waals surface area contributed by atoms with Crippen LogP contribution < -0.4 is 5.32 Å². The first kappa shape index (κ1) is 18.5. The Morgan fingerprint density at radius 1 is 1.17 bits per heavy atom. The molecule has 0 aromatic heterocycles. The van der Waals surface area contributed by atoms with Crippen molar-refractivity contribution < 1.29 is 23.1 Å². The number of aliphatic hydroxyl groups is 1. The third kappa shape index (κ3) is 5.68. The van der Waals surface area contributed by atoms with Crippen LogP contribution in [0.25, 0.3) is 0 Å². The molecule has 0 bridgehead atoms. The van der Waals surface area contributed by atoms with Crippen molar-refractivity contribution in [1.82, 2.24) is 9.80 Å². The molecule has 2 N–H and O–H groups in total. The zero-order valence-electron chi connectivity index (χ0n) is 13.4. The number of nitrogens with one attached hydrogen (secondary N) is 1. The second-order valence-electron chi connectivity index (χ2n) is 5.75. The Kier molecular flexibility index (Phi) is 6.44. The van der Waals surface area contributed by atoms with Crippen molar-refractivity contribution >= 4 is 11.7 Å². The van der Waals surface area contributed by atoms with Crippen molar-refractivity contribution in [3.05, 3.63) is 29.8 Å². The molecule has 8 heteroatoms. The molecule has 5 nitrogen and oxygen atoms in total. The molecule has 0 saturated carbocycles. The van der Waals surface area contributed by atoms with Crippen LogP contribution in [0.3, 0.4) is 0 Å². The van der Waals surface area contributed by atoms with Crippen molar-refractivity contribution in [2.24, 2.45) is 0 Å². The fourth-order valence-electron chi connectivity index (χ4n) is 2.65. The molecule has 24 heavy (non-hydrogen) atoms. The minimum Gasteiger partial charge on any atom is -0.395 e. The number of hydrogen-bond acceptors (Lipinski definition) is 3. The van der Waals surface area contributed by atoms with Gasteiger partial charge >= 0.3 is 12.2 Å². The Morgan fingerprint density at radius 3 is 2.46 bits per heavy atom. The van der Waals surface area contributed by atoms with Gasteiger partial charge in [0.2, 0.25) is 0 Å². The van der Waals surface area contributed by atoms with Crippen molar-refractivity contribution in [3.8, 4) is 0 Å². The van der Waals surface area contributed by atoms with Crippen LogP contribution in [-0.4, -0.2) is 66.4 Å². The maximum Gasteiger partial charge on any atom is 0.389 e. The molecule has 0 unspecified atom stereocenters. The Hall–Kier alpha value is -1.80. The molecule has 0 aliphatic carbocycles. The summed E-state index contributed by atoms with van der Waals surface area (Å²) >= 11 is 0. The molecular weight excluding hydrogens is 323 g/mol. The second kappa shape index (κ2) is 8.34. The van der Waals surface area contributed by atoms with E-state index in [1.54, 1.807) is 29.2 Å². The second-order valence-corrected chi connectivity index (χ2v) is 5.75. The first-order valence-corrected chi connectivity index (χ1v) is 7.93. The highest BCUT2D eigenvalue weighted by Gasteiger charge is 2.27. The van der Waals surface area contributed by atoms with Crippen LogP contribution in [-0.2, 0) is 6.42 Å². The number of para-hydroxylation sites is 1. The largest absolute Gasteiger partial charge is 0.395 e. The highest BCUT2D eigenvalue weighted by molar-refractivity contribution is 5.90. The number of rotatable bonds is 5. The van der Waals surface area contributed by atoms with E-state index in [4.69, 9.17) is 5.11 Å². The summed E-state index contributed by atoms with van der Waals surface area (Å²) < 4.78 is 37.2. The zero-order chi connectivity index (χ0) is 17.6. The quantitative estimate of drug-likeness (QED) is 0.861. The molecule has 0 spiro atoms. The van der Waals surface area contributed by atoms with Gasteiger partial charge in [0.15, 0.2) is 0 Å². The van der Waals surface area contributed by atoms with Gasteiger partial charge in [-0.15, -0.1) is 0 Å². The van der Waals surface area contributed by atoms with E-state index >= 15 is 0 Å². The standard InChI is InChI=1S/C16H22F3N3O2/c17-16(18,19)6-5-13-3-1-2-4-14(13)20-15(24)22-9-7-21(8-10-22)11-12-23/h1-4,23H,5-12H2,(H,20,24). The van der Waals surface area contributed by atoms with Crippen LogP contribution in [0.1, 0.15) is 12.0 Å². The summed E-state index contributed by atoms with van der Waals surface area (Å²) in [6.07, 6.45) is -5.30. The average Bonchev–Trinajstić information content (AvgIpc) is 2.54. The van der Waals surface area contributed by atoms with Crippen molar-refractivity contribution in [3.63, 3.8) is 0 Å². The summed E-state index contributed by atoms with van der Waals surface area (Å²) in [6, 6.07) is 6.26. The number of piperazine rings is 1. The third-order valence-electron chi connectivity index (χ3n) is 4.01. The van der Waals surface area contributed by atoms with E-state index in [9.17, 15) is 18.0 Å². The molecule has 0 atom stereocenters. The Morgan fingerprint density at radius 2 is 1.83 bits per heavy atom. The van der Waals surface area contributed by atoms with E-state index in [-0.39, 0.29) is 19.1 Å². The number of alkyl halides is 3. The van der Waals surface area contributed by atoms with E-state index in [0.29, 0.717) is 44.0 Å².